The van der Waals surface area contributed by atoms with Crippen LogP contribution in [-0.2, 0) is 7.05 Å². The van der Waals surface area contributed by atoms with Gasteiger partial charge in [0.15, 0.2) is 5.65 Å². The number of likely N-dealkylation sites (tertiary alicyclic amines) is 1. The van der Waals surface area contributed by atoms with E-state index in [2.05, 4.69) is 37.9 Å². The van der Waals surface area contributed by atoms with Crippen LogP contribution in [0, 0.1) is 6.92 Å². The van der Waals surface area contributed by atoms with Gasteiger partial charge >= 0.3 is 0 Å². The Balaban J connectivity index is 1.58. The van der Waals surface area contributed by atoms with Crippen molar-refractivity contribution in [1.29, 1.82) is 0 Å². The summed E-state index contributed by atoms with van der Waals surface area (Å²) in [5.41, 5.74) is 3.82. The van der Waals surface area contributed by atoms with Gasteiger partial charge in [-0.05, 0) is 44.5 Å². The minimum Gasteiger partial charge on any atom is -0.330 e. The summed E-state index contributed by atoms with van der Waals surface area (Å²) in [6, 6.07) is 4.13. The van der Waals surface area contributed by atoms with Crippen molar-refractivity contribution >= 4 is 39.8 Å². The normalized spacial score (nSPS) is 17.4. The minimum atomic E-state index is 0.554. The molecule has 1 fully saturated rings. The van der Waals surface area contributed by atoms with Crippen molar-refractivity contribution in [2.75, 3.05) is 25.5 Å². The van der Waals surface area contributed by atoms with E-state index in [1.165, 1.54) is 18.0 Å². The highest BCUT2D eigenvalue weighted by molar-refractivity contribution is 7.99. The maximum atomic E-state index is 4.97. The highest BCUT2D eigenvalue weighted by atomic mass is 32.2. The standard InChI is InChI=1S/C19H22N8S2/c1-12-6-18(29-24-12)22-16-7-17(28-14-4-5-25(2)11-14)23-19-15(9-21-27(16)19)13-8-20-26(3)10-13/h6-10,14,22H,4-5,11H2,1-3H3. The van der Waals surface area contributed by atoms with Crippen molar-refractivity contribution in [3.63, 3.8) is 0 Å². The summed E-state index contributed by atoms with van der Waals surface area (Å²) in [6.07, 6.45) is 6.88. The Labute approximate surface area is 177 Å². The molecule has 1 atom stereocenters. The van der Waals surface area contributed by atoms with Crippen LogP contribution < -0.4 is 5.32 Å². The Kier molecular flexibility index (Phi) is 4.76. The Morgan fingerprint density at radius 3 is 2.79 bits per heavy atom. The van der Waals surface area contributed by atoms with Crippen molar-refractivity contribution in [2.24, 2.45) is 7.05 Å². The van der Waals surface area contributed by atoms with Gasteiger partial charge in [0.2, 0.25) is 0 Å². The summed E-state index contributed by atoms with van der Waals surface area (Å²) in [7, 11) is 4.09. The molecule has 0 saturated carbocycles. The van der Waals surface area contributed by atoms with Crippen molar-refractivity contribution in [1.82, 2.24) is 33.7 Å². The summed E-state index contributed by atoms with van der Waals surface area (Å²) in [5.74, 6) is 0.891. The highest BCUT2D eigenvalue weighted by Gasteiger charge is 2.22. The van der Waals surface area contributed by atoms with Gasteiger partial charge in [-0.1, -0.05) is 0 Å². The van der Waals surface area contributed by atoms with E-state index < -0.39 is 0 Å². The van der Waals surface area contributed by atoms with Crippen LogP contribution in [0.5, 0.6) is 0 Å². The fraction of sp³-hybridized carbons (Fsp3) is 0.368. The zero-order chi connectivity index (χ0) is 20.0. The van der Waals surface area contributed by atoms with Gasteiger partial charge in [-0.25, -0.2) is 4.98 Å². The molecule has 5 rings (SSSR count). The molecule has 0 aromatic carbocycles. The van der Waals surface area contributed by atoms with Crippen LogP contribution >= 0.6 is 23.3 Å². The van der Waals surface area contributed by atoms with E-state index in [1.54, 1.807) is 4.68 Å². The quantitative estimate of drug-likeness (QED) is 0.490. The second-order valence-corrected chi connectivity index (χ2v) is 9.55. The summed E-state index contributed by atoms with van der Waals surface area (Å²) in [4.78, 5) is 7.34. The van der Waals surface area contributed by atoms with Crippen molar-refractivity contribution in [3.8, 4) is 11.1 Å². The van der Waals surface area contributed by atoms with E-state index in [9.17, 15) is 0 Å². The molecule has 4 aromatic rings. The Morgan fingerprint density at radius 2 is 2.10 bits per heavy atom. The third-order valence-corrected chi connectivity index (χ3v) is 6.94. The molecule has 0 spiro atoms. The average molecular weight is 427 g/mol. The molecule has 1 aliphatic rings. The SMILES string of the molecule is Cc1cc(Nc2cc(SC3CCN(C)C3)nc3c(-c4cnn(C)c4)cnn23)sn1. The Hall–Kier alpha value is -2.43. The average Bonchev–Trinajstić information content (AvgIpc) is 3.45. The topological polar surface area (TPSA) is 76.2 Å². The van der Waals surface area contributed by atoms with Crippen LogP contribution in [-0.4, -0.2) is 59.0 Å². The van der Waals surface area contributed by atoms with E-state index in [-0.39, 0.29) is 0 Å². The molecule has 1 saturated heterocycles. The summed E-state index contributed by atoms with van der Waals surface area (Å²) in [5, 5.41) is 15.0. The molecule has 4 aromatic heterocycles. The maximum absolute atomic E-state index is 4.97. The lowest BCUT2D eigenvalue weighted by molar-refractivity contribution is 0.419. The van der Waals surface area contributed by atoms with Crippen LogP contribution in [0.15, 0.2) is 35.7 Å². The first-order valence-corrected chi connectivity index (χ1v) is 11.1. The molecule has 29 heavy (non-hydrogen) atoms. The van der Waals surface area contributed by atoms with Crippen molar-refractivity contribution < 1.29 is 0 Å². The van der Waals surface area contributed by atoms with Gasteiger partial charge in [0.25, 0.3) is 0 Å². The Morgan fingerprint density at radius 1 is 1.21 bits per heavy atom. The van der Waals surface area contributed by atoms with Crippen LogP contribution in [0.25, 0.3) is 16.8 Å². The minimum absolute atomic E-state index is 0.554. The second kappa shape index (κ2) is 7.43. The number of nitrogens with one attached hydrogen (secondary N) is 1. The molecule has 1 unspecified atom stereocenters. The fourth-order valence-corrected chi connectivity index (χ4v) is 5.45. The first-order chi connectivity index (χ1) is 14.0. The maximum Gasteiger partial charge on any atom is 0.166 e. The van der Waals surface area contributed by atoms with Gasteiger partial charge in [-0.2, -0.15) is 19.1 Å². The molecule has 0 amide bonds. The molecular weight excluding hydrogens is 404 g/mol. The summed E-state index contributed by atoms with van der Waals surface area (Å²) >= 11 is 3.29. The van der Waals surface area contributed by atoms with E-state index in [0.29, 0.717) is 5.25 Å². The first-order valence-electron chi connectivity index (χ1n) is 9.48. The monoisotopic (exact) mass is 426 g/mol. The van der Waals surface area contributed by atoms with Gasteiger partial charge < -0.3 is 10.2 Å². The van der Waals surface area contributed by atoms with Gasteiger partial charge in [0, 0.05) is 42.2 Å². The number of nitrogens with zero attached hydrogens (tertiary/aromatic N) is 7. The fourth-order valence-electron chi connectivity index (χ4n) is 3.56. The van der Waals surface area contributed by atoms with Crippen LogP contribution in [0.4, 0.5) is 10.8 Å². The second-order valence-electron chi connectivity index (χ2n) is 7.42. The third-order valence-electron chi connectivity index (χ3n) is 4.98. The van der Waals surface area contributed by atoms with E-state index >= 15 is 0 Å². The van der Waals surface area contributed by atoms with Crippen molar-refractivity contribution in [2.45, 2.75) is 23.6 Å². The van der Waals surface area contributed by atoms with Gasteiger partial charge in [-0.15, -0.1) is 11.8 Å². The number of hydrogen-bond acceptors (Lipinski definition) is 8. The first kappa shape index (κ1) is 18.6. The van der Waals surface area contributed by atoms with Gasteiger partial charge in [0.05, 0.1) is 18.1 Å². The molecule has 1 aliphatic heterocycles. The number of aromatic nitrogens is 6. The number of rotatable bonds is 5. The molecule has 0 aliphatic carbocycles. The molecule has 150 valence electrons. The van der Waals surface area contributed by atoms with Crippen LogP contribution in [0.3, 0.4) is 0 Å². The van der Waals surface area contributed by atoms with Crippen molar-refractivity contribution in [3.05, 3.63) is 36.4 Å². The lowest BCUT2D eigenvalue weighted by Gasteiger charge is -2.12. The number of aryl methyl sites for hydroxylation is 2. The number of thioether (sulfide) groups is 1. The molecule has 0 bridgehead atoms. The van der Waals surface area contributed by atoms with Gasteiger partial charge in [0.1, 0.15) is 15.8 Å². The van der Waals surface area contributed by atoms with Gasteiger partial charge in [-0.3, -0.25) is 4.68 Å². The molecule has 0 radical (unpaired) electrons. The third kappa shape index (κ3) is 3.75. The molecule has 8 nitrogen and oxygen atoms in total. The predicted molar refractivity (Wildman–Crippen MR) is 117 cm³/mol. The number of hydrogen-bond donors (Lipinski definition) is 1. The zero-order valence-electron chi connectivity index (χ0n) is 16.5. The molecule has 1 N–H and O–H groups in total. The van der Waals surface area contributed by atoms with Crippen LogP contribution in [0.1, 0.15) is 12.1 Å². The van der Waals surface area contributed by atoms with E-state index in [1.807, 2.05) is 54.9 Å². The Bertz CT molecular complexity index is 1160. The molecule has 10 heteroatoms. The van der Waals surface area contributed by atoms with E-state index in [4.69, 9.17) is 4.98 Å². The number of anilines is 2. The smallest absolute Gasteiger partial charge is 0.166 e. The lowest BCUT2D eigenvalue weighted by atomic mass is 10.2. The molecular formula is C19H22N8S2. The lowest BCUT2D eigenvalue weighted by Crippen LogP contribution is -2.15. The zero-order valence-corrected chi connectivity index (χ0v) is 18.2. The largest absolute Gasteiger partial charge is 0.330 e. The molecule has 5 heterocycles. The summed E-state index contributed by atoms with van der Waals surface area (Å²) in [6.45, 7) is 4.22. The predicted octanol–water partition coefficient (Wildman–Crippen LogP) is 3.43. The van der Waals surface area contributed by atoms with Crippen LogP contribution in [0.2, 0.25) is 0 Å². The number of fused-ring (bicyclic) bond motifs is 1. The summed E-state index contributed by atoms with van der Waals surface area (Å²) < 4.78 is 8.03. The van der Waals surface area contributed by atoms with E-state index in [0.717, 1.165) is 51.4 Å². The highest BCUT2D eigenvalue weighted by Crippen LogP contribution is 2.33.